The summed E-state index contributed by atoms with van der Waals surface area (Å²) in [4.78, 5) is 10.9. The van der Waals surface area contributed by atoms with E-state index in [-0.39, 0.29) is 10.5 Å². The van der Waals surface area contributed by atoms with Crippen molar-refractivity contribution in [2.75, 3.05) is 0 Å². The first-order chi connectivity index (χ1) is 6.73. The number of hydrogen-bond acceptors (Lipinski definition) is 3. The van der Waals surface area contributed by atoms with E-state index in [0.29, 0.717) is 11.1 Å². The van der Waals surface area contributed by atoms with Crippen LogP contribution in [0.1, 0.15) is 21.5 Å². The highest BCUT2D eigenvalue weighted by atomic mass is 35.5. The van der Waals surface area contributed by atoms with E-state index in [9.17, 15) is 13.2 Å². The Kier molecular flexibility index (Phi) is 3.18. The summed E-state index contributed by atoms with van der Waals surface area (Å²) in [5.41, 5.74) is 1.31. The van der Waals surface area contributed by atoms with Crippen LogP contribution < -0.4 is 5.14 Å². The predicted molar refractivity (Wildman–Crippen MR) is 57.5 cm³/mol. The molecule has 82 valence electrons. The third kappa shape index (κ3) is 2.56. The SMILES string of the molecule is Cc1cc(C(=O)Cl)cc(S(N)(=O)=O)c1C. The number of hydrogen-bond donors (Lipinski definition) is 1. The van der Waals surface area contributed by atoms with Crippen molar-refractivity contribution < 1.29 is 13.2 Å². The maximum absolute atomic E-state index is 11.2. The van der Waals surface area contributed by atoms with Crippen molar-refractivity contribution in [3.63, 3.8) is 0 Å². The molecule has 0 saturated heterocycles. The summed E-state index contributed by atoms with van der Waals surface area (Å²) in [6.45, 7) is 3.31. The molecule has 0 aliphatic heterocycles. The number of primary sulfonamides is 1. The van der Waals surface area contributed by atoms with Crippen LogP contribution in [0.5, 0.6) is 0 Å². The summed E-state index contributed by atoms with van der Waals surface area (Å²) in [6.07, 6.45) is 0. The van der Waals surface area contributed by atoms with Crippen LogP contribution >= 0.6 is 11.6 Å². The van der Waals surface area contributed by atoms with E-state index in [2.05, 4.69) is 0 Å². The summed E-state index contributed by atoms with van der Waals surface area (Å²) in [6, 6.07) is 2.71. The van der Waals surface area contributed by atoms with Crippen LogP contribution in [0.4, 0.5) is 0 Å². The standard InChI is InChI=1S/C9H10ClNO3S/c1-5-3-7(9(10)12)4-8(6(5)2)15(11,13)14/h3-4H,1-2H3,(H2,11,13,14). The molecule has 1 aromatic carbocycles. The van der Waals surface area contributed by atoms with Gasteiger partial charge in [0.1, 0.15) is 0 Å². The molecule has 6 heteroatoms. The lowest BCUT2D eigenvalue weighted by Gasteiger charge is -2.08. The van der Waals surface area contributed by atoms with Gasteiger partial charge in [0.15, 0.2) is 0 Å². The van der Waals surface area contributed by atoms with Crippen molar-refractivity contribution in [1.29, 1.82) is 0 Å². The summed E-state index contributed by atoms with van der Waals surface area (Å²) in [7, 11) is -3.82. The molecule has 1 rings (SSSR count). The molecule has 0 bridgehead atoms. The molecule has 0 aromatic heterocycles. The molecule has 0 unspecified atom stereocenters. The smallest absolute Gasteiger partial charge is 0.252 e. The molecule has 0 heterocycles. The van der Waals surface area contributed by atoms with Crippen LogP contribution in [0.3, 0.4) is 0 Å². The normalized spacial score (nSPS) is 11.5. The van der Waals surface area contributed by atoms with Crippen LogP contribution in [0.15, 0.2) is 17.0 Å². The van der Waals surface area contributed by atoms with E-state index in [1.807, 2.05) is 0 Å². The van der Waals surface area contributed by atoms with Crippen molar-refractivity contribution in [1.82, 2.24) is 0 Å². The minimum atomic E-state index is -3.82. The number of aryl methyl sites for hydroxylation is 1. The first-order valence-corrected chi connectivity index (χ1v) is 6.00. The topological polar surface area (TPSA) is 77.2 Å². The first-order valence-electron chi connectivity index (χ1n) is 4.07. The van der Waals surface area contributed by atoms with Gasteiger partial charge in [0.05, 0.1) is 4.90 Å². The van der Waals surface area contributed by atoms with Gasteiger partial charge in [0.2, 0.25) is 10.0 Å². The molecule has 0 spiro atoms. The van der Waals surface area contributed by atoms with E-state index in [1.165, 1.54) is 12.1 Å². The van der Waals surface area contributed by atoms with Crippen LogP contribution in [0, 0.1) is 13.8 Å². The van der Waals surface area contributed by atoms with Crippen LogP contribution in [-0.4, -0.2) is 13.7 Å². The molecule has 0 atom stereocenters. The quantitative estimate of drug-likeness (QED) is 0.801. The van der Waals surface area contributed by atoms with Crippen molar-refractivity contribution in [2.45, 2.75) is 18.7 Å². The minimum Gasteiger partial charge on any atom is -0.276 e. The van der Waals surface area contributed by atoms with Crippen LogP contribution in [0.2, 0.25) is 0 Å². The zero-order valence-corrected chi connectivity index (χ0v) is 9.82. The van der Waals surface area contributed by atoms with Gasteiger partial charge >= 0.3 is 0 Å². The highest BCUT2D eigenvalue weighted by Gasteiger charge is 2.16. The molecular weight excluding hydrogens is 238 g/mol. The molecule has 0 aliphatic rings. The van der Waals surface area contributed by atoms with Gasteiger partial charge in [-0.3, -0.25) is 4.79 Å². The Balaban J connectivity index is 3.59. The summed E-state index contributed by atoms with van der Waals surface area (Å²) >= 11 is 5.27. The van der Waals surface area contributed by atoms with Crippen LogP contribution in [-0.2, 0) is 10.0 Å². The first kappa shape index (κ1) is 12.2. The Morgan fingerprint density at radius 1 is 1.33 bits per heavy atom. The lowest BCUT2D eigenvalue weighted by Crippen LogP contribution is -2.15. The second kappa shape index (κ2) is 3.92. The Hall–Kier alpha value is -0.910. The van der Waals surface area contributed by atoms with E-state index >= 15 is 0 Å². The predicted octanol–water partition coefficient (Wildman–Crippen LogP) is 1.33. The molecular formula is C9H10ClNO3S. The van der Waals surface area contributed by atoms with E-state index in [4.69, 9.17) is 16.7 Å². The van der Waals surface area contributed by atoms with E-state index in [0.717, 1.165) is 0 Å². The Labute approximate surface area is 93.1 Å². The van der Waals surface area contributed by atoms with E-state index in [1.54, 1.807) is 13.8 Å². The van der Waals surface area contributed by atoms with Crippen molar-refractivity contribution in [3.05, 3.63) is 28.8 Å². The Morgan fingerprint density at radius 3 is 2.27 bits per heavy atom. The zero-order valence-electron chi connectivity index (χ0n) is 8.24. The number of rotatable bonds is 2. The van der Waals surface area contributed by atoms with Gasteiger partial charge in [0, 0.05) is 5.56 Å². The summed E-state index contributed by atoms with van der Waals surface area (Å²) < 4.78 is 22.4. The number of nitrogens with two attached hydrogens (primary N) is 1. The van der Waals surface area contributed by atoms with Gasteiger partial charge in [-0.2, -0.15) is 0 Å². The second-order valence-electron chi connectivity index (χ2n) is 3.23. The average molecular weight is 248 g/mol. The Morgan fingerprint density at radius 2 is 1.87 bits per heavy atom. The molecule has 2 N–H and O–H groups in total. The van der Waals surface area contributed by atoms with Gasteiger partial charge < -0.3 is 0 Å². The van der Waals surface area contributed by atoms with Gasteiger partial charge in [-0.25, -0.2) is 13.6 Å². The maximum Gasteiger partial charge on any atom is 0.252 e. The highest BCUT2D eigenvalue weighted by Crippen LogP contribution is 2.20. The molecule has 0 saturated carbocycles. The third-order valence-electron chi connectivity index (χ3n) is 2.15. The maximum atomic E-state index is 11.2. The molecule has 0 radical (unpaired) electrons. The molecule has 4 nitrogen and oxygen atoms in total. The number of sulfonamides is 1. The van der Waals surface area contributed by atoms with Crippen LogP contribution in [0.25, 0.3) is 0 Å². The monoisotopic (exact) mass is 247 g/mol. The third-order valence-corrected chi connectivity index (χ3v) is 3.41. The van der Waals surface area contributed by atoms with Gasteiger partial charge in [-0.1, -0.05) is 0 Å². The van der Waals surface area contributed by atoms with Gasteiger partial charge in [-0.05, 0) is 48.7 Å². The van der Waals surface area contributed by atoms with Gasteiger partial charge in [0.25, 0.3) is 5.24 Å². The average Bonchev–Trinajstić information content (AvgIpc) is 2.06. The fourth-order valence-corrected chi connectivity index (χ4v) is 2.22. The summed E-state index contributed by atoms with van der Waals surface area (Å²) in [5.74, 6) is 0. The highest BCUT2D eigenvalue weighted by molar-refractivity contribution is 7.89. The fraction of sp³-hybridized carbons (Fsp3) is 0.222. The number of carbonyl (C=O) groups is 1. The molecule has 0 amide bonds. The molecule has 15 heavy (non-hydrogen) atoms. The minimum absolute atomic E-state index is 0.0634. The van der Waals surface area contributed by atoms with Crippen molar-refractivity contribution in [3.8, 4) is 0 Å². The number of halogens is 1. The molecule has 0 fully saturated rings. The van der Waals surface area contributed by atoms with Crippen molar-refractivity contribution in [2.24, 2.45) is 5.14 Å². The molecule has 1 aromatic rings. The zero-order chi connectivity index (χ0) is 11.8. The lowest BCUT2D eigenvalue weighted by atomic mass is 10.1. The Bertz CT molecular complexity index is 522. The second-order valence-corrected chi connectivity index (χ2v) is 5.11. The van der Waals surface area contributed by atoms with Crippen molar-refractivity contribution >= 4 is 26.9 Å². The number of benzene rings is 1. The fourth-order valence-electron chi connectivity index (χ4n) is 1.24. The van der Waals surface area contributed by atoms with Gasteiger partial charge in [-0.15, -0.1) is 0 Å². The summed E-state index contributed by atoms with van der Waals surface area (Å²) in [5, 5.41) is 4.31. The largest absolute Gasteiger partial charge is 0.276 e. The molecule has 0 aliphatic carbocycles. The lowest BCUT2D eigenvalue weighted by molar-refractivity contribution is 0.108. The number of carbonyl (C=O) groups excluding carboxylic acids is 1. The van der Waals surface area contributed by atoms with E-state index < -0.39 is 15.3 Å².